The molecule has 0 N–H and O–H groups in total. The predicted octanol–water partition coefficient (Wildman–Crippen LogP) is 4.89. The van der Waals surface area contributed by atoms with Crippen molar-refractivity contribution in [3.63, 3.8) is 0 Å². The zero-order chi connectivity index (χ0) is 19.0. The van der Waals surface area contributed by atoms with E-state index in [-0.39, 0.29) is 0 Å². The van der Waals surface area contributed by atoms with Crippen LogP contribution in [0.1, 0.15) is 40.9 Å². The molecule has 0 spiro atoms. The van der Waals surface area contributed by atoms with E-state index < -0.39 is 0 Å². The molecular formula is C24H31N3. The molecule has 1 aliphatic heterocycles. The molecule has 0 amide bonds. The minimum absolute atomic E-state index is 0.747. The van der Waals surface area contributed by atoms with Gasteiger partial charge in [-0.3, -0.25) is 0 Å². The monoisotopic (exact) mass is 361 g/mol. The highest BCUT2D eigenvalue weighted by molar-refractivity contribution is 5.78. The number of aryl methyl sites for hydroxylation is 3. The molecule has 142 valence electrons. The van der Waals surface area contributed by atoms with Crippen LogP contribution >= 0.6 is 0 Å². The van der Waals surface area contributed by atoms with Gasteiger partial charge in [0.2, 0.25) is 0 Å². The lowest BCUT2D eigenvalue weighted by atomic mass is 9.93. The van der Waals surface area contributed by atoms with Crippen molar-refractivity contribution in [1.29, 1.82) is 0 Å². The van der Waals surface area contributed by atoms with Crippen molar-refractivity contribution in [2.24, 2.45) is 5.92 Å². The largest absolute Gasteiger partial charge is 0.323 e. The Morgan fingerprint density at radius 2 is 1.63 bits per heavy atom. The molecule has 0 atom stereocenters. The van der Waals surface area contributed by atoms with Crippen molar-refractivity contribution in [2.75, 3.05) is 20.1 Å². The lowest BCUT2D eigenvalue weighted by molar-refractivity contribution is 0.216. The zero-order valence-corrected chi connectivity index (χ0v) is 17.1. The van der Waals surface area contributed by atoms with Crippen LogP contribution in [0.2, 0.25) is 0 Å². The fourth-order valence-corrected chi connectivity index (χ4v) is 4.16. The van der Waals surface area contributed by atoms with E-state index in [9.17, 15) is 0 Å². The predicted molar refractivity (Wildman–Crippen MR) is 113 cm³/mol. The molecule has 1 fully saturated rings. The maximum Gasteiger partial charge on any atom is 0.110 e. The Labute approximate surface area is 163 Å². The van der Waals surface area contributed by atoms with Crippen LogP contribution in [0.15, 0.2) is 36.4 Å². The van der Waals surface area contributed by atoms with Gasteiger partial charge in [0.05, 0.1) is 11.0 Å². The molecule has 3 aromatic rings. The van der Waals surface area contributed by atoms with Crippen LogP contribution in [-0.2, 0) is 13.0 Å². The van der Waals surface area contributed by atoms with Gasteiger partial charge < -0.3 is 9.47 Å². The molecule has 0 unspecified atom stereocenters. The van der Waals surface area contributed by atoms with Gasteiger partial charge in [0.15, 0.2) is 0 Å². The first kappa shape index (κ1) is 18.2. The van der Waals surface area contributed by atoms with Gasteiger partial charge in [0, 0.05) is 13.0 Å². The van der Waals surface area contributed by atoms with Crippen LogP contribution in [0.5, 0.6) is 0 Å². The highest BCUT2D eigenvalue weighted by Gasteiger charge is 2.21. The van der Waals surface area contributed by atoms with E-state index in [1.807, 2.05) is 0 Å². The summed E-state index contributed by atoms with van der Waals surface area (Å²) in [6, 6.07) is 13.5. The van der Waals surface area contributed by atoms with Gasteiger partial charge in [0.1, 0.15) is 5.82 Å². The smallest absolute Gasteiger partial charge is 0.110 e. The number of benzene rings is 2. The molecule has 0 bridgehead atoms. The standard InChI is InChI=1S/C24H31N3/c1-17-5-7-21(8-6-17)16-27-23-14-19(3)18(2)13-22(23)25-24(27)15-20-9-11-26(4)12-10-20/h5-8,13-14,20H,9-12,15-16H2,1-4H3. The molecular weight excluding hydrogens is 330 g/mol. The lowest BCUT2D eigenvalue weighted by Crippen LogP contribution is -2.31. The second-order valence-corrected chi connectivity index (χ2v) is 8.48. The molecule has 2 aromatic carbocycles. The van der Waals surface area contributed by atoms with E-state index >= 15 is 0 Å². The molecule has 3 heteroatoms. The van der Waals surface area contributed by atoms with E-state index in [0.717, 1.165) is 24.4 Å². The van der Waals surface area contributed by atoms with Crippen LogP contribution in [0, 0.1) is 26.7 Å². The lowest BCUT2D eigenvalue weighted by Gasteiger charge is -2.28. The number of piperidine rings is 1. The Balaban J connectivity index is 1.71. The Bertz CT molecular complexity index is 928. The van der Waals surface area contributed by atoms with Crippen molar-refractivity contribution in [3.8, 4) is 0 Å². The molecule has 3 nitrogen and oxygen atoms in total. The van der Waals surface area contributed by atoms with Gasteiger partial charge in [0.25, 0.3) is 0 Å². The van der Waals surface area contributed by atoms with E-state index in [1.165, 1.54) is 59.5 Å². The molecule has 1 aromatic heterocycles. The summed E-state index contributed by atoms with van der Waals surface area (Å²) < 4.78 is 2.46. The molecule has 0 radical (unpaired) electrons. The van der Waals surface area contributed by atoms with Crippen LogP contribution in [0.25, 0.3) is 11.0 Å². The average molecular weight is 362 g/mol. The first-order chi connectivity index (χ1) is 13.0. The fraction of sp³-hybridized carbons (Fsp3) is 0.458. The van der Waals surface area contributed by atoms with Crippen LogP contribution in [0.3, 0.4) is 0 Å². The van der Waals surface area contributed by atoms with E-state index in [0.29, 0.717) is 0 Å². The Hall–Kier alpha value is -2.13. The SMILES string of the molecule is Cc1ccc(Cn2c(CC3CCN(C)CC3)nc3cc(C)c(C)cc32)cc1. The number of fused-ring (bicyclic) bond motifs is 1. The minimum Gasteiger partial charge on any atom is -0.323 e. The van der Waals surface area contributed by atoms with Crippen molar-refractivity contribution >= 4 is 11.0 Å². The van der Waals surface area contributed by atoms with Crippen LogP contribution < -0.4 is 0 Å². The molecule has 0 saturated carbocycles. The normalized spacial score (nSPS) is 16.3. The average Bonchev–Trinajstić information content (AvgIpc) is 2.96. The Morgan fingerprint density at radius 1 is 0.963 bits per heavy atom. The Kier molecular flexibility index (Phi) is 5.05. The van der Waals surface area contributed by atoms with Gasteiger partial charge in [-0.2, -0.15) is 0 Å². The van der Waals surface area contributed by atoms with Crippen molar-refractivity contribution in [1.82, 2.24) is 14.5 Å². The van der Waals surface area contributed by atoms with E-state index in [4.69, 9.17) is 4.98 Å². The highest BCUT2D eigenvalue weighted by Crippen LogP contribution is 2.26. The second kappa shape index (κ2) is 7.47. The van der Waals surface area contributed by atoms with Crippen LogP contribution in [0.4, 0.5) is 0 Å². The quantitative estimate of drug-likeness (QED) is 0.659. The van der Waals surface area contributed by atoms with Crippen LogP contribution in [-0.4, -0.2) is 34.6 Å². The molecule has 2 heterocycles. The molecule has 0 aliphatic carbocycles. The minimum atomic E-state index is 0.747. The topological polar surface area (TPSA) is 21.1 Å². The summed E-state index contributed by atoms with van der Waals surface area (Å²) in [7, 11) is 2.23. The zero-order valence-electron chi connectivity index (χ0n) is 17.1. The number of aromatic nitrogens is 2. The van der Waals surface area contributed by atoms with Crippen molar-refractivity contribution in [3.05, 3.63) is 64.5 Å². The highest BCUT2D eigenvalue weighted by atomic mass is 15.1. The third-order valence-electron chi connectivity index (χ3n) is 6.21. The summed E-state index contributed by atoms with van der Waals surface area (Å²) in [6.45, 7) is 9.86. The maximum absolute atomic E-state index is 5.09. The number of likely N-dealkylation sites (tertiary alicyclic amines) is 1. The first-order valence-corrected chi connectivity index (χ1v) is 10.2. The molecule has 4 rings (SSSR count). The third kappa shape index (κ3) is 3.93. The fourth-order valence-electron chi connectivity index (χ4n) is 4.16. The second-order valence-electron chi connectivity index (χ2n) is 8.48. The number of hydrogen-bond acceptors (Lipinski definition) is 2. The number of hydrogen-bond donors (Lipinski definition) is 0. The number of nitrogens with zero attached hydrogens (tertiary/aromatic N) is 3. The molecule has 1 saturated heterocycles. The summed E-state index contributed by atoms with van der Waals surface area (Å²) in [5.74, 6) is 2.00. The summed E-state index contributed by atoms with van der Waals surface area (Å²) in [6.07, 6.45) is 3.65. The number of rotatable bonds is 4. The summed E-state index contributed by atoms with van der Waals surface area (Å²) in [4.78, 5) is 7.53. The third-order valence-corrected chi connectivity index (χ3v) is 6.21. The van der Waals surface area contributed by atoms with Crippen molar-refractivity contribution < 1.29 is 0 Å². The molecule has 1 aliphatic rings. The van der Waals surface area contributed by atoms with Crippen molar-refractivity contribution in [2.45, 2.75) is 46.6 Å². The first-order valence-electron chi connectivity index (χ1n) is 10.2. The number of imidazole rings is 1. The summed E-state index contributed by atoms with van der Waals surface area (Å²) >= 11 is 0. The van der Waals surface area contributed by atoms with E-state index in [1.54, 1.807) is 0 Å². The summed E-state index contributed by atoms with van der Waals surface area (Å²) in [5, 5.41) is 0. The van der Waals surface area contributed by atoms with Gasteiger partial charge >= 0.3 is 0 Å². The van der Waals surface area contributed by atoms with Gasteiger partial charge in [-0.05, 0) is 88.5 Å². The van der Waals surface area contributed by atoms with Gasteiger partial charge in [-0.15, -0.1) is 0 Å². The summed E-state index contributed by atoms with van der Waals surface area (Å²) in [5.41, 5.74) is 7.76. The van der Waals surface area contributed by atoms with Gasteiger partial charge in [-0.1, -0.05) is 29.8 Å². The van der Waals surface area contributed by atoms with Gasteiger partial charge in [-0.25, -0.2) is 4.98 Å². The Morgan fingerprint density at radius 3 is 2.33 bits per heavy atom. The molecule has 27 heavy (non-hydrogen) atoms. The van der Waals surface area contributed by atoms with E-state index in [2.05, 4.69) is 73.7 Å². The maximum atomic E-state index is 5.09.